The summed E-state index contributed by atoms with van der Waals surface area (Å²) in [5.41, 5.74) is 1.26. The molecule has 5 aliphatic heterocycles. The molecule has 6 saturated carbocycles. The van der Waals surface area contributed by atoms with E-state index in [0.717, 1.165) is 129 Å². The Balaban J connectivity index is 0.000000249. The Morgan fingerprint density at radius 3 is 1.68 bits per heavy atom. The maximum atomic E-state index is 5.69. The summed E-state index contributed by atoms with van der Waals surface area (Å²) in [5.74, 6) is 10.9. The van der Waals surface area contributed by atoms with Gasteiger partial charge in [-0.3, -0.25) is 0 Å². The molecule has 0 amide bonds. The SMILES string of the molecule is C=COCCCC.CC=COCCCC.CCC(C)C1CCC2(C)OC2C1.CCC1(CC)COC1.CCC1CC2CC1C1CC21.CCC1CCC2CC2C1.CCCOCC1(CC)COC1.CCCOCC1CO1.CCOCC1COC(C)(C)O1. The van der Waals surface area contributed by atoms with Crippen LogP contribution in [0, 0.1) is 70.0 Å². The molecule has 0 aromatic carbocycles. The largest absolute Gasteiger partial charge is 0.502 e. The first-order valence-electron chi connectivity index (χ1n) is 35.5. The van der Waals surface area contributed by atoms with E-state index < -0.39 is 5.79 Å². The van der Waals surface area contributed by atoms with Gasteiger partial charge in [0.15, 0.2) is 5.79 Å². The van der Waals surface area contributed by atoms with Crippen molar-refractivity contribution in [3.8, 4) is 0 Å². The fourth-order valence-corrected chi connectivity index (χ4v) is 13.2. The van der Waals surface area contributed by atoms with Crippen LogP contribution < -0.4 is 0 Å². The lowest BCUT2D eigenvalue weighted by Gasteiger charge is -2.40. The molecule has 11 nitrogen and oxygen atoms in total. The lowest BCUT2D eigenvalue weighted by molar-refractivity contribution is -0.150. The molecule has 11 aliphatic rings. The maximum Gasteiger partial charge on any atom is 0.163 e. The summed E-state index contributed by atoms with van der Waals surface area (Å²) in [6, 6.07) is 0. The fourth-order valence-electron chi connectivity index (χ4n) is 13.2. The van der Waals surface area contributed by atoms with Gasteiger partial charge in [0.05, 0.1) is 96.9 Å². The Labute approximate surface area is 519 Å². The zero-order chi connectivity index (χ0) is 61.9. The third-order valence-electron chi connectivity index (χ3n) is 20.4. The summed E-state index contributed by atoms with van der Waals surface area (Å²) in [6.45, 7) is 49.9. The van der Waals surface area contributed by atoms with Crippen molar-refractivity contribution < 1.29 is 52.1 Å². The highest BCUT2D eigenvalue weighted by molar-refractivity contribution is 5.09. The van der Waals surface area contributed by atoms with Crippen molar-refractivity contribution in [1.82, 2.24) is 0 Å². The second-order valence-electron chi connectivity index (χ2n) is 27.6. The van der Waals surface area contributed by atoms with Gasteiger partial charge in [-0.25, -0.2) is 0 Å². The summed E-state index contributed by atoms with van der Waals surface area (Å²) < 4.78 is 57.5. The number of unbranched alkanes of at least 4 members (excludes halogenated alkanes) is 2. The molecular weight excluding hydrogens is 1050 g/mol. The highest BCUT2D eigenvalue weighted by Gasteiger charge is 2.60. The minimum atomic E-state index is -0.415. The van der Waals surface area contributed by atoms with E-state index in [1.54, 1.807) is 44.8 Å². The van der Waals surface area contributed by atoms with Crippen LogP contribution in [-0.4, -0.2) is 122 Å². The molecule has 11 heteroatoms. The molecule has 0 radical (unpaired) electrons. The molecule has 0 aromatic heterocycles. The van der Waals surface area contributed by atoms with Crippen LogP contribution in [0.5, 0.6) is 0 Å². The van der Waals surface area contributed by atoms with Crippen molar-refractivity contribution in [3.05, 3.63) is 25.2 Å². The van der Waals surface area contributed by atoms with Crippen LogP contribution >= 0.6 is 0 Å². The van der Waals surface area contributed by atoms with Crippen molar-refractivity contribution in [2.75, 3.05) is 92.5 Å². The predicted octanol–water partition coefficient (Wildman–Crippen LogP) is 18.4. The van der Waals surface area contributed by atoms with Gasteiger partial charge in [-0.15, -0.1) is 0 Å². The number of epoxide rings is 2. The second-order valence-corrected chi connectivity index (χ2v) is 27.6. The molecule has 14 unspecified atom stereocenters. The van der Waals surface area contributed by atoms with Crippen LogP contribution in [-0.2, 0) is 52.1 Å². The summed E-state index contributed by atoms with van der Waals surface area (Å²) in [5, 5.41) is 0. The lowest BCUT2D eigenvalue weighted by Crippen LogP contribution is -2.45. The van der Waals surface area contributed by atoms with Crippen molar-refractivity contribution in [3.63, 3.8) is 0 Å². The van der Waals surface area contributed by atoms with Gasteiger partial charge in [-0.1, -0.05) is 127 Å². The van der Waals surface area contributed by atoms with E-state index in [2.05, 4.69) is 89.7 Å². The standard InChI is InChI=1S/C11H20O.C10H16.C9H18O2.C9H16.C8H16O3.2C7H14O.C6H12O2.C6H12O/c1-4-8(2)9-5-6-11(3)10(7-9)12-11;1-2-6-3-7-4-8(6)10-5-9(7)10;1-3-5-10-6-9(4-2)7-11-8-9;1-2-7-3-4-8-6-9(8)5-7;1-4-9-5-7-6-10-8(2,3)11-7;1-3-7(4-2)5-8-6-7;1-3-5-7-8-6-4-2;1-2-3-7-4-6-5-8-6;1-3-5-6-7-4-2/h8-10H,4-7H2,1-3H3;6-10H,2-5H2,1H3;3-8H2,1-2H3;7-9H,2-6H2,1H3;7H,4-6H2,1-3H3;3-6H2,1-2H3;4,6H,3,5,7H2,1-2H3;6H,2-5H2,1H3;4H,2-3,5-6H2,1H3. The van der Waals surface area contributed by atoms with Crippen LogP contribution in [0.2, 0.25) is 0 Å². The molecule has 496 valence electrons. The molecule has 5 saturated heterocycles. The Bertz CT molecular complexity index is 1630. The Morgan fingerprint density at radius 2 is 1.23 bits per heavy atom. The van der Waals surface area contributed by atoms with Gasteiger partial charge >= 0.3 is 0 Å². The molecule has 11 fully saturated rings. The molecule has 6 aliphatic carbocycles. The van der Waals surface area contributed by atoms with E-state index in [9.17, 15) is 0 Å². The fraction of sp³-hybridized carbons (Fsp3) is 0.945. The van der Waals surface area contributed by atoms with E-state index in [-0.39, 0.29) is 6.10 Å². The predicted molar refractivity (Wildman–Crippen MR) is 348 cm³/mol. The summed E-state index contributed by atoms with van der Waals surface area (Å²) in [7, 11) is 0. The highest BCUT2D eigenvalue weighted by Crippen LogP contribution is 2.68. The van der Waals surface area contributed by atoms with Crippen molar-refractivity contribution in [2.45, 2.75) is 282 Å². The Hall–Kier alpha value is -1.28. The van der Waals surface area contributed by atoms with Gasteiger partial charge in [0.2, 0.25) is 0 Å². The van der Waals surface area contributed by atoms with Gasteiger partial charge < -0.3 is 52.1 Å². The van der Waals surface area contributed by atoms with Crippen LogP contribution in [0.4, 0.5) is 0 Å². The van der Waals surface area contributed by atoms with Gasteiger partial charge in [-0.2, -0.15) is 0 Å². The number of hydrogen-bond acceptors (Lipinski definition) is 11. The number of rotatable bonds is 26. The van der Waals surface area contributed by atoms with Crippen LogP contribution in [0.25, 0.3) is 0 Å². The average molecular weight is 1190 g/mol. The first kappa shape index (κ1) is 77.0. The first-order valence-corrected chi connectivity index (χ1v) is 35.5. The molecule has 0 aromatic rings. The molecule has 0 spiro atoms. The zero-order valence-corrected chi connectivity index (χ0v) is 57.9. The topological polar surface area (TPSA) is 108 Å². The zero-order valence-electron chi connectivity index (χ0n) is 57.9. The molecule has 84 heavy (non-hydrogen) atoms. The van der Waals surface area contributed by atoms with E-state index in [1.807, 2.05) is 33.8 Å². The van der Waals surface area contributed by atoms with Crippen molar-refractivity contribution >= 4 is 0 Å². The van der Waals surface area contributed by atoms with Gasteiger partial charge in [-0.05, 0) is 197 Å². The normalized spacial score (nSPS) is 32.6. The number of fused-ring (bicyclic) bond motifs is 7. The van der Waals surface area contributed by atoms with Crippen molar-refractivity contribution in [2.24, 2.45) is 70.0 Å². The van der Waals surface area contributed by atoms with Gasteiger partial charge in [0.1, 0.15) is 12.2 Å². The molecule has 14 atom stereocenters. The quantitative estimate of drug-likeness (QED) is 0.0469. The van der Waals surface area contributed by atoms with Gasteiger partial charge in [0.25, 0.3) is 0 Å². The minimum absolute atomic E-state index is 0.116. The summed E-state index contributed by atoms with van der Waals surface area (Å²) in [4.78, 5) is 0. The molecular formula is C73H138O11. The van der Waals surface area contributed by atoms with E-state index in [4.69, 9.17) is 52.1 Å². The third kappa shape index (κ3) is 29.6. The Morgan fingerprint density at radius 1 is 0.583 bits per heavy atom. The molecule has 11 rings (SSSR count). The average Bonchev–Trinajstić information content (AvgIpc) is 2.73. The van der Waals surface area contributed by atoms with Crippen LogP contribution in [0.15, 0.2) is 25.2 Å². The van der Waals surface area contributed by atoms with Crippen molar-refractivity contribution in [1.29, 1.82) is 0 Å². The monoisotopic (exact) mass is 1190 g/mol. The number of allylic oxidation sites excluding steroid dienone is 1. The lowest BCUT2D eigenvalue weighted by atomic mass is 9.76. The Kier molecular flexibility index (Phi) is 39.1. The second kappa shape index (κ2) is 42.7. The highest BCUT2D eigenvalue weighted by atomic mass is 16.7. The first-order chi connectivity index (χ1) is 40.5. The molecule has 5 heterocycles. The van der Waals surface area contributed by atoms with E-state index >= 15 is 0 Å². The number of ether oxygens (including phenoxy) is 11. The summed E-state index contributed by atoms with van der Waals surface area (Å²) >= 11 is 0. The number of hydrogen-bond donors (Lipinski definition) is 0. The van der Waals surface area contributed by atoms with Gasteiger partial charge in [0, 0.05) is 30.7 Å². The van der Waals surface area contributed by atoms with Crippen LogP contribution in [0.3, 0.4) is 0 Å². The minimum Gasteiger partial charge on any atom is -0.502 e. The molecule has 0 N–H and O–H groups in total. The van der Waals surface area contributed by atoms with E-state index in [0.29, 0.717) is 41.9 Å². The van der Waals surface area contributed by atoms with Crippen LogP contribution in [0.1, 0.15) is 252 Å². The molecule has 2 bridgehead atoms. The smallest absolute Gasteiger partial charge is 0.163 e. The maximum absolute atomic E-state index is 5.69. The summed E-state index contributed by atoms with van der Waals surface area (Å²) in [6.07, 6.45) is 36.2. The van der Waals surface area contributed by atoms with E-state index in [1.165, 1.54) is 119 Å². The third-order valence-corrected chi connectivity index (χ3v) is 20.4.